The summed E-state index contributed by atoms with van der Waals surface area (Å²) in [4.78, 5) is 28.0. The second-order valence-corrected chi connectivity index (χ2v) is 7.61. The summed E-state index contributed by atoms with van der Waals surface area (Å²) in [7, 11) is 0. The van der Waals surface area contributed by atoms with Gasteiger partial charge in [0.1, 0.15) is 0 Å². The number of carbonyl (C=O) groups excluding carboxylic acids is 2. The lowest BCUT2D eigenvalue weighted by Crippen LogP contribution is -2.41. The van der Waals surface area contributed by atoms with Crippen LogP contribution in [0.5, 0.6) is 0 Å². The van der Waals surface area contributed by atoms with Crippen LogP contribution < -0.4 is 5.32 Å². The molecule has 0 radical (unpaired) electrons. The van der Waals surface area contributed by atoms with E-state index in [1.54, 1.807) is 40.9 Å². The Balaban J connectivity index is 1.55. The van der Waals surface area contributed by atoms with E-state index in [1.165, 1.54) is 0 Å². The topological polar surface area (TPSA) is 49.4 Å². The summed E-state index contributed by atoms with van der Waals surface area (Å²) in [6.07, 6.45) is 3.36. The molecule has 0 aromatic heterocycles. The molecule has 1 aliphatic rings. The maximum atomic E-state index is 12.5. The van der Waals surface area contributed by atoms with Crippen molar-refractivity contribution in [3.63, 3.8) is 0 Å². The van der Waals surface area contributed by atoms with Crippen LogP contribution >= 0.6 is 23.4 Å². The van der Waals surface area contributed by atoms with E-state index in [4.69, 9.17) is 11.6 Å². The Kier molecular flexibility index (Phi) is 6.22. The van der Waals surface area contributed by atoms with Crippen LogP contribution in [0.15, 0.2) is 53.4 Å². The summed E-state index contributed by atoms with van der Waals surface area (Å²) in [6, 6.07) is 14.7. The van der Waals surface area contributed by atoms with E-state index in [0.717, 1.165) is 10.6 Å². The van der Waals surface area contributed by atoms with Crippen LogP contribution in [0.25, 0.3) is 0 Å². The monoisotopic (exact) mass is 388 g/mol. The lowest BCUT2D eigenvalue weighted by molar-refractivity contribution is -0.121. The van der Waals surface area contributed by atoms with Gasteiger partial charge in [0.25, 0.3) is 5.91 Å². The number of nitrogens with zero attached hydrogens (tertiary/aromatic N) is 1. The fourth-order valence-electron chi connectivity index (χ4n) is 3.06. The molecule has 4 nitrogen and oxygen atoms in total. The van der Waals surface area contributed by atoms with Gasteiger partial charge in [-0.05, 0) is 61.6 Å². The minimum Gasteiger partial charge on any atom is -0.339 e. The van der Waals surface area contributed by atoms with Crippen LogP contribution in [-0.2, 0) is 4.79 Å². The van der Waals surface area contributed by atoms with Gasteiger partial charge in [0, 0.05) is 40.2 Å². The third kappa shape index (κ3) is 4.59. The van der Waals surface area contributed by atoms with Crippen molar-refractivity contribution >= 4 is 40.9 Å². The van der Waals surface area contributed by atoms with Crippen LogP contribution in [-0.4, -0.2) is 36.1 Å². The molecule has 0 aliphatic carbocycles. The van der Waals surface area contributed by atoms with Gasteiger partial charge < -0.3 is 10.2 Å². The minimum absolute atomic E-state index is 0.00630. The molecule has 0 atom stereocenters. The van der Waals surface area contributed by atoms with Crippen molar-refractivity contribution in [2.45, 2.75) is 17.7 Å². The lowest BCUT2D eigenvalue weighted by atomic mass is 9.95. The molecule has 1 fully saturated rings. The predicted octanol–water partition coefficient (Wildman–Crippen LogP) is 4.55. The molecular weight excluding hydrogens is 368 g/mol. The number of likely N-dealkylation sites (tertiary alicyclic amines) is 1. The zero-order valence-corrected chi connectivity index (χ0v) is 16.1. The Bertz CT molecular complexity index is 787. The molecule has 1 heterocycles. The minimum atomic E-state index is -0.0674. The van der Waals surface area contributed by atoms with Gasteiger partial charge >= 0.3 is 0 Å². The first-order valence-corrected chi connectivity index (χ1v) is 10.2. The highest BCUT2D eigenvalue weighted by molar-refractivity contribution is 7.98. The Hall–Kier alpha value is -1.98. The first-order valence-electron chi connectivity index (χ1n) is 8.56. The van der Waals surface area contributed by atoms with Gasteiger partial charge in [-0.15, -0.1) is 11.8 Å². The summed E-state index contributed by atoms with van der Waals surface area (Å²) in [5.41, 5.74) is 1.45. The molecule has 1 aliphatic heterocycles. The molecule has 26 heavy (non-hydrogen) atoms. The molecule has 2 amide bonds. The number of rotatable bonds is 4. The second kappa shape index (κ2) is 8.60. The van der Waals surface area contributed by atoms with E-state index in [0.29, 0.717) is 36.5 Å². The van der Waals surface area contributed by atoms with Crippen LogP contribution in [0, 0.1) is 5.92 Å². The van der Waals surface area contributed by atoms with Crippen molar-refractivity contribution in [1.29, 1.82) is 0 Å². The van der Waals surface area contributed by atoms with Crippen molar-refractivity contribution in [3.8, 4) is 0 Å². The van der Waals surface area contributed by atoms with Crippen LogP contribution in [0.1, 0.15) is 23.2 Å². The number of hydrogen-bond donors (Lipinski definition) is 1. The Morgan fingerprint density at radius 2 is 1.81 bits per heavy atom. The van der Waals surface area contributed by atoms with Crippen molar-refractivity contribution in [3.05, 3.63) is 59.1 Å². The van der Waals surface area contributed by atoms with Crippen molar-refractivity contribution in [2.75, 3.05) is 24.7 Å². The summed E-state index contributed by atoms with van der Waals surface area (Å²) < 4.78 is 0. The normalized spacial score (nSPS) is 14.9. The number of amides is 2. The molecule has 3 rings (SSSR count). The van der Waals surface area contributed by atoms with E-state index in [9.17, 15) is 9.59 Å². The van der Waals surface area contributed by atoms with Crippen LogP contribution in [0.4, 0.5) is 5.69 Å². The second-order valence-electron chi connectivity index (χ2n) is 6.29. The zero-order chi connectivity index (χ0) is 18.5. The summed E-state index contributed by atoms with van der Waals surface area (Å²) in [5.74, 6) is -0.0442. The van der Waals surface area contributed by atoms with Crippen molar-refractivity contribution < 1.29 is 9.59 Å². The maximum Gasteiger partial charge on any atom is 0.253 e. The maximum absolute atomic E-state index is 12.5. The van der Waals surface area contributed by atoms with E-state index < -0.39 is 0 Å². The molecule has 2 aromatic rings. The Labute approximate surface area is 162 Å². The number of piperidine rings is 1. The molecular formula is C20H21ClN2O2S. The smallest absolute Gasteiger partial charge is 0.253 e. The molecule has 136 valence electrons. The highest BCUT2D eigenvalue weighted by Crippen LogP contribution is 2.23. The molecule has 0 saturated carbocycles. The molecule has 0 unspecified atom stereocenters. The fourth-order valence-corrected chi connectivity index (χ4v) is 3.65. The SMILES string of the molecule is CSc1cccc(NC(=O)C2CCN(C(=O)c3ccc(Cl)cc3)CC2)c1. The molecule has 0 bridgehead atoms. The van der Waals surface area contributed by atoms with Crippen LogP contribution in [0.2, 0.25) is 5.02 Å². The number of thioether (sulfide) groups is 1. The number of carbonyl (C=O) groups is 2. The van der Waals surface area contributed by atoms with Gasteiger partial charge in [-0.25, -0.2) is 0 Å². The van der Waals surface area contributed by atoms with Gasteiger partial charge in [0.2, 0.25) is 5.91 Å². The quantitative estimate of drug-likeness (QED) is 0.781. The van der Waals surface area contributed by atoms with E-state index >= 15 is 0 Å². The first kappa shape index (κ1) is 18.8. The Morgan fingerprint density at radius 3 is 2.46 bits per heavy atom. The molecule has 0 spiro atoms. The van der Waals surface area contributed by atoms with E-state index in [2.05, 4.69) is 5.32 Å². The highest BCUT2D eigenvalue weighted by Gasteiger charge is 2.27. The molecule has 1 N–H and O–H groups in total. The third-order valence-electron chi connectivity index (χ3n) is 4.58. The number of benzene rings is 2. The average molecular weight is 389 g/mol. The highest BCUT2D eigenvalue weighted by atomic mass is 35.5. The lowest BCUT2D eigenvalue weighted by Gasteiger charge is -2.31. The van der Waals surface area contributed by atoms with E-state index in [-0.39, 0.29) is 17.7 Å². The molecule has 1 saturated heterocycles. The summed E-state index contributed by atoms with van der Waals surface area (Å²) in [6.45, 7) is 1.18. The van der Waals surface area contributed by atoms with Crippen molar-refractivity contribution in [2.24, 2.45) is 5.92 Å². The standard InChI is InChI=1S/C20H21ClN2O2S/c1-26-18-4-2-3-17(13-18)22-19(24)14-9-11-23(12-10-14)20(25)15-5-7-16(21)8-6-15/h2-8,13-14H,9-12H2,1H3,(H,22,24). The third-order valence-corrected chi connectivity index (χ3v) is 5.56. The number of anilines is 1. The van der Waals surface area contributed by atoms with Crippen molar-refractivity contribution in [1.82, 2.24) is 4.90 Å². The fraction of sp³-hybridized carbons (Fsp3) is 0.300. The summed E-state index contributed by atoms with van der Waals surface area (Å²) >= 11 is 7.52. The summed E-state index contributed by atoms with van der Waals surface area (Å²) in [5, 5.41) is 3.61. The number of hydrogen-bond acceptors (Lipinski definition) is 3. The molecule has 2 aromatic carbocycles. The van der Waals surface area contributed by atoms with Gasteiger partial charge in [-0.3, -0.25) is 9.59 Å². The molecule has 6 heteroatoms. The van der Waals surface area contributed by atoms with Gasteiger partial charge in [-0.1, -0.05) is 17.7 Å². The first-order chi connectivity index (χ1) is 12.6. The zero-order valence-electron chi connectivity index (χ0n) is 14.6. The van der Waals surface area contributed by atoms with Gasteiger partial charge in [0.15, 0.2) is 0 Å². The number of nitrogens with one attached hydrogen (secondary N) is 1. The van der Waals surface area contributed by atoms with E-state index in [1.807, 2.05) is 30.5 Å². The predicted molar refractivity (Wildman–Crippen MR) is 107 cm³/mol. The van der Waals surface area contributed by atoms with Gasteiger partial charge in [0.05, 0.1) is 0 Å². The van der Waals surface area contributed by atoms with Crippen LogP contribution in [0.3, 0.4) is 0 Å². The van der Waals surface area contributed by atoms with Gasteiger partial charge in [-0.2, -0.15) is 0 Å². The Morgan fingerprint density at radius 1 is 1.12 bits per heavy atom. The largest absolute Gasteiger partial charge is 0.339 e. The average Bonchev–Trinajstić information content (AvgIpc) is 2.68. The number of halogens is 1.